The van der Waals surface area contributed by atoms with Gasteiger partial charge in [-0.1, -0.05) is 36.4 Å². The van der Waals surface area contributed by atoms with E-state index in [0.717, 1.165) is 0 Å². The van der Waals surface area contributed by atoms with E-state index in [2.05, 4.69) is 0 Å². The first kappa shape index (κ1) is 13.6. The molecule has 2 aromatic carbocycles. The molecule has 108 valence electrons. The SMILES string of the molecule is Nc1cccc(CCC(=O)N2Cc3ccccc3C2)c1F. The van der Waals surface area contributed by atoms with Gasteiger partial charge in [-0.3, -0.25) is 4.79 Å². The van der Waals surface area contributed by atoms with Gasteiger partial charge in [0, 0.05) is 19.5 Å². The van der Waals surface area contributed by atoms with Crippen LogP contribution in [0, 0.1) is 5.82 Å². The molecule has 1 amide bonds. The molecule has 1 heterocycles. The smallest absolute Gasteiger partial charge is 0.223 e. The number of amides is 1. The fourth-order valence-corrected chi connectivity index (χ4v) is 2.70. The van der Waals surface area contributed by atoms with Gasteiger partial charge in [-0.15, -0.1) is 0 Å². The maximum absolute atomic E-state index is 13.8. The summed E-state index contributed by atoms with van der Waals surface area (Å²) >= 11 is 0. The number of rotatable bonds is 3. The molecule has 0 fully saturated rings. The molecule has 1 aliphatic rings. The van der Waals surface area contributed by atoms with E-state index in [1.54, 1.807) is 12.1 Å². The van der Waals surface area contributed by atoms with Gasteiger partial charge in [0.25, 0.3) is 0 Å². The average Bonchev–Trinajstić information content (AvgIpc) is 2.92. The molecule has 3 rings (SSSR count). The van der Waals surface area contributed by atoms with Gasteiger partial charge < -0.3 is 10.6 Å². The van der Waals surface area contributed by atoms with Gasteiger partial charge in [0.1, 0.15) is 5.82 Å². The van der Waals surface area contributed by atoms with Gasteiger partial charge in [-0.05, 0) is 29.2 Å². The van der Waals surface area contributed by atoms with E-state index >= 15 is 0 Å². The molecule has 4 heteroatoms. The van der Waals surface area contributed by atoms with Crippen LogP contribution in [-0.4, -0.2) is 10.8 Å². The van der Waals surface area contributed by atoms with Gasteiger partial charge in [0.2, 0.25) is 5.91 Å². The molecule has 21 heavy (non-hydrogen) atoms. The molecular formula is C17H17FN2O. The zero-order valence-electron chi connectivity index (χ0n) is 11.7. The monoisotopic (exact) mass is 284 g/mol. The van der Waals surface area contributed by atoms with Gasteiger partial charge in [-0.25, -0.2) is 4.39 Å². The summed E-state index contributed by atoms with van der Waals surface area (Å²) in [5.74, 6) is -0.358. The van der Waals surface area contributed by atoms with Crippen molar-refractivity contribution in [2.75, 3.05) is 5.73 Å². The molecule has 1 aliphatic heterocycles. The van der Waals surface area contributed by atoms with E-state index < -0.39 is 5.82 Å². The van der Waals surface area contributed by atoms with E-state index in [4.69, 9.17) is 5.73 Å². The van der Waals surface area contributed by atoms with Crippen LogP contribution in [-0.2, 0) is 24.3 Å². The minimum atomic E-state index is -0.407. The highest BCUT2D eigenvalue weighted by molar-refractivity contribution is 5.77. The van der Waals surface area contributed by atoms with Crippen LogP contribution in [0.4, 0.5) is 10.1 Å². The number of fused-ring (bicyclic) bond motifs is 1. The lowest BCUT2D eigenvalue weighted by Gasteiger charge is -2.15. The third-order valence-electron chi connectivity index (χ3n) is 3.91. The normalized spacial score (nSPS) is 13.3. The van der Waals surface area contributed by atoms with Crippen LogP contribution in [0.3, 0.4) is 0 Å². The molecule has 0 saturated heterocycles. The standard InChI is InChI=1S/C17H17FN2O/c18-17-12(6-3-7-15(17)19)8-9-16(21)20-10-13-4-1-2-5-14(13)11-20/h1-7H,8-11,19H2. The molecular weight excluding hydrogens is 267 g/mol. The number of hydrogen-bond acceptors (Lipinski definition) is 2. The second-order valence-electron chi connectivity index (χ2n) is 5.34. The fraction of sp³-hybridized carbons (Fsp3) is 0.235. The summed E-state index contributed by atoms with van der Waals surface area (Å²) in [5, 5.41) is 0. The first-order chi connectivity index (χ1) is 10.1. The van der Waals surface area contributed by atoms with Crippen molar-refractivity contribution in [2.45, 2.75) is 25.9 Å². The van der Waals surface area contributed by atoms with Crippen LogP contribution in [0.2, 0.25) is 0 Å². The Balaban J connectivity index is 1.62. The summed E-state index contributed by atoms with van der Waals surface area (Å²) < 4.78 is 13.8. The van der Waals surface area contributed by atoms with Crippen molar-refractivity contribution in [1.82, 2.24) is 4.90 Å². The summed E-state index contributed by atoms with van der Waals surface area (Å²) in [6.07, 6.45) is 0.677. The van der Waals surface area contributed by atoms with Gasteiger partial charge in [-0.2, -0.15) is 0 Å². The Morgan fingerprint density at radius 1 is 1.10 bits per heavy atom. The van der Waals surface area contributed by atoms with Gasteiger partial charge >= 0.3 is 0 Å². The second-order valence-corrected chi connectivity index (χ2v) is 5.34. The zero-order valence-corrected chi connectivity index (χ0v) is 11.7. The molecule has 0 spiro atoms. The molecule has 0 aliphatic carbocycles. The Kier molecular flexibility index (Phi) is 3.60. The number of nitrogens with two attached hydrogens (primary N) is 1. The molecule has 0 aromatic heterocycles. The van der Waals surface area contributed by atoms with Crippen LogP contribution < -0.4 is 5.73 Å². The number of halogens is 1. The molecule has 0 bridgehead atoms. The summed E-state index contributed by atoms with van der Waals surface area (Å²) in [7, 11) is 0. The summed E-state index contributed by atoms with van der Waals surface area (Å²) in [6, 6.07) is 13.0. The van der Waals surface area contributed by atoms with Gasteiger partial charge in [0.15, 0.2) is 0 Å². The maximum Gasteiger partial charge on any atom is 0.223 e. The zero-order chi connectivity index (χ0) is 14.8. The lowest BCUT2D eigenvalue weighted by molar-refractivity contribution is -0.131. The Bertz CT molecular complexity index is 659. The van der Waals surface area contributed by atoms with Crippen LogP contribution >= 0.6 is 0 Å². The highest BCUT2D eigenvalue weighted by Gasteiger charge is 2.22. The average molecular weight is 284 g/mol. The van der Waals surface area contributed by atoms with Crippen LogP contribution in [0.15, 0.2) is 42.5 Å². The van der Waals surface area contributed by atoms with Crippen molar-refractivity contribution < 1.29 is 9.18 Å². The van der Waals surface area contributed by atoms with Crippen LogP contribution in [0.5, 0.6) is 0 Å². The third kappa shape index (κ3) is 2.75. The van der Waals surface area contributed by atoms with E-state index in [0.29, 0.717) is 31.5 Å². The Morgan fingerprint density at radius 3 is 2.43 bits per heavy atom. The molecule has 0 atom stereocenters. The molecule has 0 radical (unpaired) electrons. The lowest BCUT2D eigenvalue weighted by Crippen LogP contribution is -2.25. The number of carbonyl (C=O) groups is 1. The van der Waals surface area contributed by atoms with Crippen molar-refractivity contribution in [3.05, 3.63) is 65.0 Å². The second kappa shape index (κ2) is 5.56. The van der Waals surface area contributed by atoms with Crippen molar-refractivity contribution in [2.24, 2.45) is 0 Å². The Labute approximate surface area is 123 Å². The molecule has 2 N–H and O–H groups in total. The predicted octanol–water partition coefficient (Wildman–Crippen LogP) is 2.88. The van der Waals surface area contributed by atoms with Crippen molar-refractivity contribution >= 4 is 11.6 Å². The van der Waals surface area contributed by atoms with Gasteiger partial charge in [0.05, 0.1) is 5.69 Å². The lowest BCUT2D eigenvalue weighted by atomic mass is 10.1. The molecule has 3 nitrogen and oxygen atoms in total. The van der Waals surface area contributed by atoms with E-state index in [-0.39, 0.29) is 11.6 Å². The van der Waals surface area contributed by atoms with Crippen molar-refractivity contribution in [3.63, 3.8) is 0 Å². The summed E-state index contributed by atoms with van der Waals surface area (Å²) in [6.45, 7) is 1.29. The molecule has 0 unspecified atom stereocenters. The summed E-state index contributed by atoms with van der Waals surface area (Å²) in [5.41, 5.74) is 8.56. The number of carbonyl (C=O) groups excluding carboxylic acids is 1. The van der Waals surface area contributed by atoms with E-state index in [1.807, 2.05) is 29.2 Å². The minimum Gasteiger partial charge on any atom is -0.396 e. The van der Waals surface area contributed by atoms with Crippen molar-refractivity contribution in [1.29, 1.82) is 0 Å². The number of benzene rings is 2. The maximum atomic E-state index is 13.8. The number of aryl methyl sites for hydroxylation is 1. The Morgan fingerprint density at radius 2 is 1.76 bits per heavy atom. The predicted molar refractivity (Wildman–Crippen MR) is 79.8 cm³/mol. The van der Waals surface area contributed by atoms with E-state index in [9.17, 15) is 9.18 Å². The first-order valence-corrected chi connectivity index (χ1v) is 7.02. The molecule has 0 saturated carbocycles. The minimum absolute atomic E-state index is 0.0491. The Hall–Kier alpha value is -2.36. The number of nitrogens with zero attached hydrogens (tertiary/aromatic N) is 1. The van der Waals surface area contributed by atoms with Crippen molar-refractivity contribution in [3.8, 4) is 0 Å². The molecule has 2 aromatic rings. The number of hydrogen-bond donors (Lipinski definition) is 1. The van der Waals surface area contributed by atoms with Crippen LogP contribution in [0.25, 0.3) is 0 Å². The highest BCUT2D eigenvalue weighted by atomic mass is 19.1. The number of nitrogen functional groups attached to an aromatic ring is 1. The fourth-order valence-electron chi connectivity index (χ4n) is 2.70. The number of anilines is 1. The van der Waals surface area contributed by atoms with Crippen LogP contribution in [0.1, 0.15) is 23.1 Å². The topological polar surface area (TPSA) is 46.3 Å². The quantitative estimate of drug-likeness (QED) is 0.881. The summed E-state index contributed by atoms with van der Waals surface area (Å²) in [4.78, 5) is 14.1. The first-order valence-electron chi connectivity index (χ1n) is 7.02. The van der Waals surface area contributed by atoms with E-state index in [1.165, 1.54) is 17.2 Å². The third-order valence-corrected chi connectivity index (χ3v) is 3.91. The highest BCUT2D eigenvalue weighted by Crippen LogP contribution is 2.23. The largest absolute Gasteiger partial charge is 0.396 e.